The van der Waals surface area contributed by atoms with Gasteiger partial charge in [-0.3, -0.25) is 9.69 Å². The molecule has 0 radical (unpaired) electrons. The van der Waals surface area contributed by atoms with Crippen LogP contribution in [-0.4, -0.2) is 29.7 Å². The molecule has 2 saturated heterocycles. The molecule has 1 aromatic carbocycles. The van der Waals surface area contributed by atoms with Crippen molar-refractivity contribution in [1.82, 2.24) is 5.06 Å². The van der Waals surface area contributed by atoms with E-state index in [0.717, 1.165) is 11.3 Å². The van der Waals surface area contributed by atoms with E-state index in [4.69, 9.17) is 4.84 Å². The summed E-state index contributed by atoms with van der Waals surface area (Å²) in [6.07, 6.45) is 1.15. The Morgan fingerprint density at radius 1 is 1.47 bits per heavy atom. The van der Waals surface area contributed by atoms with Crippen LogP contribution in [0.25, 0.3) is 0 Å². The molecule has 3 aliphatic rings. The zero-order valence-corrected chi connectivity index (χ0v) is 10.5. The van der Waals surface area contributed by atoms with Gasteiger partial charge in [0, 0.05) is 6.42 Å². The summed E-state index contributed by atoms with van der Waals surface area (Å²) in [6.45, 7) is 0. The fourth-order valence-electron chi connectivity index (χ4n) is 3.91. The number of hydrogen-bond acceptors (Lipinski definition) is 4. The van der Waals surface area contributed by atoms with E-state index in [1.807, 2.05) is 29.3 Å². The molecule has 4 rings (SSSR count). The van der Waals surface area contributed by atoms with Gasteiger partial charge in [0.1, 0.15) is 6.04 Å². The van der Waals surface area contributed by atoms with E-state index < -0.39 is 5.54 Å². The van der Waals surface area contributed by atoms with Crippen molar-refractivity contribution in [2.24, 2.45) is 0 Å². The lowest BCUT2D eigenvalue weighted by atomic mass is 9.70. The summed E-state index contributed by atoms with van der Waals surface area (Å²) in [7, 11) is 1.63. The number of hydrogen-bond donors (Lipinski definition) is 0. The SMILES string of the molecule is CON1[C@H]2CCC(=O)N3c4ccccc4[C@@H]1[C@@]23C#N. The number of hydroxylamine groups is 2. The highest BCUT2D eigenvalue weighted by Crippen LogP contribution is 2.62. The van der Waals surface area contributed by atoms with Crippen molar-refractivity contribution >= 4 is 11.6 Å². The normalized spacial score (nSPS) is 35.4. The number of carbonyl (C=O) groups excluding carboxylic acids is 1. The highest BCUT2D eigenvalue weighted by Gasteiger charge is 2.73. The Hall–Kier alpha value is -1.90. The van der Waals surface area contributed by atoms with Crippen molar-refractivity contribution in [3.8, 4) is 6.07 Å². The lowest BCUT2D eigenvalue weighted by Gasteiger charge is -2.59. The van der Waals surface area contributed by atoms with Gasteiger partial charge in [-0.15, -0.1) is 0 Å². The summed E-state index contributed by atoms with van der Waals surface area (Å²) >= 11 is 0. The second kappa shape index (κ2) is 3.35. The largest absolute Gasteiger partial charge is 0.301 e. The van der Waals surface area contributed by atoms with E-state index >= 15 is 0 Å². The van der Waals surface area contributed by atoms with E-state index in [0.29, 0.717) is 12.8 Å². The van der Waals surface area contributed by atoms with E-state index in [1.54, 1.807) is 12.0 Å². The number of rotatable bonds is 1. The summed E-state index contributed by atoms with van der Waals surface area (Å²) < 4.78 is 0. The Morgan fingerprint density at radius 3 is 3.00 bits per heavy atom. The second-order valence-corrected chi connectivity index (χ2v) is 5.22. The molecule has 3 atom stereocenters. The maximum Gasteiger partial charge on any atom is 0.228 e. The molecule has 3 aliphatic heterocycles. The summed E-state index contributed by atoms with van der Waals surface area (Å²) in [5, 5.41) is 11.6. The van der Waals surface area contributed by atoms with Gasteiger partial charge in [0.15, 0.2) is 5.54 Å². The quantitative estimate of drug-likeness (QED) is 0.760. The molecule has 0 N–H and O–H groups in total. The molecule has 1 amide bonds. The number of para-hydroxylation sites is 1. The lowest BCUT2D eigenvalue weighted by Crippen LogP contribution is -2.77. The number of carbonyl (C=O) groups is 1. The third-order valence-corrected chi connectivity index (χ3v) is 4.60. The third-order valence-electron chi connectivity index (χ3n) is 4.60. The minimum Gasteiger partial charge on any atom is -0.301 e. The van der Waals surface area contributed by atoms with Crippen LogP contribution in [0, 0.1) is 11.3 Å². The predicted octanol–water partition coefficient (Wildman–Crippen LogP) is 1.38. The van der Waals surface area contributed by atoms with Crippen molar-refractivity contribution < 1.29 is 9.63 Å². The molecule has 0 unspecified atom stereocenters. The highest BCUT2D eigenvalue weighted by atomic mass is 16.7. The summed E-state index contributed by atoms with van der Waals surface area (Å²) in [4.78, 5) is 19.4. The Balaban J connectivity index is 1.98. The van der Waals surface area contributed by atoms with E-state index in [-0.39, 0.29) is 18.0 Å². The number of benzene rings is 1. The number of nitrogens with zero attached hydrogens (tertiary/aromatic N) is 3. The molecule has 19 heavy (non-hydrogen) atoms. The molecular weight excluding hydrogens is 242 g/mol. The fraction of sp³-hybridized carbons (Fsp3) is 0.429. The number of fused-ring (bicyclic) bond motifs is 3. The number of anilines is 1. The standard InChI is InChI=1S/C14H13N3O2/c1-19-17-11-6-7-12(18)16-10-5-3-2-4-9(10)13(17)14(11,16)8-15/h2-5,11,13H,6-7H2,1H3/t11-,13+,14+/m0/s1. The van der Waals surface area contributed by atoms with Crippen molar-refractivity contribution in [2.45, 2.75) is 30.5 Å². The maximum absolute atomic E-state index is 12.3. The number of amides is 1. The Kier molecular flexibility index (Phi) is 1.93. The molecule has 0 spiro atoms. The molecule has 5 heteroatoms. The van der Waals surface area contributed by atoms with Gasteiger partial charge in [0.25, 0.3) is 0 Å². The van der Waals surface area contributed by atoms with Crippen LogP contribution >= 0.6 is 0 Å². The van der Waals surface area contributed by atoms with E-state index in [2.05, 4.69) is 6.07 Å². The topological polar surface area (TPSA) is 56.6 Å². The minimum absolute atomic E-state index is 0.0300. The van der Waals surface area contributed by atoms with Crippen LogP contribution in [0.1, 0.15) is 24.4 Å². The fourth-order valence-corrected chi connectivity index (χ4v) is 3.91. The zero-order valence-electron chi connectivity index (χ0n) is 10.5. The predicted molar refractivity (Wildman–Crippen MR) is 66.9 cm³/mol. The molecule has 0 saturated carbocycles. The minimum atomic E-state index is -0.769. The highest BCUT2D eigenvalue weighted by molar-refractivity contribution is 6.01. The number of piperidine rings is 1. The Morgan fingerprint density at radius 2 is 2.26 bits per heavy atom. The van der Waals surface area contributed by atoms with Crippen LogP contribution in [-0.2, 0) is 9.63 Å². The van der Waals surface area contributed by atoms with Crippen molar-refractivity contribution in [3.05, 3.63) is 29.8 Å². The monoisotopic (exact) mass is 255 g/mol. The van der Waals surface area contributed by atoms with Crippen LogP contribution in [0.4, 0.5) is 5.69 Å². The first-order valence-electron chi connectivity index (χ1n) is 6.41. The Labute approximate surface area is 110 Å². The molecule has 0 aliphatic carbocycles. The second-order valence-electron chi connectivity index (χ2n) is 5.22. The summed E-state index contributed by atoms with van der Waals surface area (Å²) in [5.74, 6) is 0.0449. The average Bonchev–Trinajstić information content (AvgIpc) is 2.70. The van der Waals surface area contributed by atoms with Crippen LogP contribution in [0.3, 0.4) is 0 Å². The van der Waals surface area contributed by atoms with Crippen molar-refractivity contribution in [1.29, 1.82) is 5.26 Å². The van der Waals surface area contributed by atoms with Gasteiger partial charge in [-0.25, -0.2) is 0 Å². The molecule has 3 heterocycles. The molecular formula is C14H13N3O2. The van der Waals surface area contributed by atoms with Crippen molar-refractivity contribution in [2.75, 3.05) is 12.0 Å². The molecule has 5 nitrogen and oxygen atoms in total. The third kappa shape index (κ3) is 0.982. The van der Waals surface area contributed by atoms with E-state index in [9.17, 15) is 10.1 Å². The first-order chi connectivity index (χ1) is 9.25. The summed E-state index contributed by atoms with van der Waals surface area (Å²) in [5.41, 5.74) is 1.11. The first kappa shape index (κ1) is 11.0. The van der Waals surface area contributed by atoms with Gasteiger partial charge in [0.2, 0.25) is 5.91 Å². The maximum atomic E-state index is 12.3. The molecule has 0 bridgehead atoms. The van der Waals surface area contributed by atoms with E-state index in [1.165, 1.54) is 0 Å². The van der Waals surface area contributed by atoms with Crippen LogP contribution in [0.5, 0.6) is 0 Å². The van der Waals surface area contributed by atoms with Crippen LogP contribution in [0.15, 0.2) is 24.3 Å². The van der Waals surface area contributed by atoms with Crippen LogP contribution in [0.2, 0.25) is 0 Å². The van der Waals surface area contributed by atoms with Crippen LogP contribution < -0.4 is 4.90 Å². The van der Waals surface area contributed by atoms with Gasteiger partial charge in [-0.05, 0) is 18.1 Å². The first-order valence-corrected chi connectivity index (χ1v) is 6.41. The van der Waals surface area contributed by atoms with Gasteiger partial charge < -0.3 is 4.84 Å². The molecule has 2 fully saturated rings. The smallest absolute Gasteiger partial charge is 0.228 e. The average molecular weight is 255 g/mol. The molecule has 0 aromatic heterocycles. The van der Waals surface area contributed by atoms with Gasteiger partial charge in [0.05, 0.1) is 24.9 Å². The zero-order chi connectivity index (χ0) is 13.2. The number of nitriles is 1. The Bertz CT molecular complexity index is 623. The molecule has 96 valence electrons. The molecule has 1 aromatic rings. The van der Waals surface area contributed by atoms with Gasteiger partial charge in [-0.2, -0.15) is 10.3 Å². The lowest BCUT2D eigenvalue weighted by molar-refractivity contribution is -0.278. The van der Waals surface area contributed by atoms with Gasteiger partial charge >= 0.3 is 0 Å². The van der Waals surface area contributed by atoms with Gasteiger partial charge in [-0.1, -0.05) is 18.2 Å². The van der Waals surface area contributed by atoms with Crippen molar-refractivity contribution in [3.63, 3.8) is 0 Å². The summed E-state index contributed by atoms with van der Waals surface area (Å²) in [6, 6.07) is 9.96.